The molecule has 8 nitrogen and oxygen atoms in total. The van der Waals surface area contributed by atoms with Crippen LogP contribution in [0, 0.1) is 6.92 Å². The van der Waals surface area contributed by atoms with Gasteiger partial charge < -0.3 is 15.0 Å². The molecule has 3 heterocycles. The lowest BCUT2D eigenvalue weighted by atomic mass is 10.0. The van der Waals surface area contributed by atoms with Crippen LogP contribution in [0.3, 0.4) is 0 Å². The van der Waals surface area contributed by atoms with Crippen molar-refractivity contribution in [3.8, 4) is 16.9 Å². The van der Waals surface area contributed by atoms with Crippen molar-refractivity contribution in [3.05, 3.63) is 65.1 Å². The summed E-state index contributed by atoms with van der Waals surface area (Å²) in [7, 11) is 5.06. The molecule has 0 aliphatic rings. The highest BCUT2D eigenvalue weighted by molar-refractivity contribution is 7.21. The van der Waals surface area contributed by atoms with E-state index in [9.17, 15) is 9.59 Å². The molecule has 0 radical (unpaired) electrons. The number of aromatic nitrogens is 3. The van der Waals surface area contributed by atoms with Crippen LogP contribution in [0.25, 0.3) is 21.2 Å². The van der Waals surface area contributed by atoms with Crippen LogP contribution >= 0.6 is 11.3 Å². The molecule has 0 fully saturated rings. The van der Waals surface area contributed by atoms with E-state index in [-0.39, 0.29) is 18.2 Å². The second-order valence-corrected chi connectivity index (χ2v) is 9.03. The molecule has 2 amide bonds. The van der Waals surface area contributed by atoms with Gasteiger partial charge in [-0.1, -0.05) is 6.07 Å². The van der Waals surface area contributed by atoms with E-state index >= 15 is 0 Å². The van der Waals surface area contributed by atoms with Crippen molar-refractivity contribution in [1.82, 2.24) is 25.0 Å². The number of thiophene rings is 1. The molecule has 34 heavy (non-hydrogen) atoms. The fraction of sp³-hybridized carbons (Fsp3) is 0.280. The number of benzene rings is 1. The molecule has 1 N–H and O–H groups in total. The van der Waals surface area contributed by atoms with Gasteiger partial charge in [0.15, 0.2) is 0 Å². The van der Waals surface area contributed by atoms with Crippen molar-refractivity contribution >= 4 is 33.2 Å². The molecule has 4 aromatic rings. The van der Waals surface area contributed by atoms with Crippen LogP contribution < -0.4 is 10.1 Å². The van der Waals surface area contributed by atoms with E-state index in [0.29, 0.717) is 23.7 Å². The smallest absolute Gasteiger partial charge is 0.264 e. The molecule has 1 aromatic carbocycles. The van der Waals surface area contributed by atoms with E-state index < -0.39 is 0 Å². The molecule has 4 rings (SSSR count). The summed E-state index contributed by atoms with van der Waals surface area (Å²) < 4.78 is 8.08. The number of nitrogens with one attached hydrogen (secondary N) is 1. The summed E-state index contributed by atoms with van der Waals surface area (Å²) >= 11 is 1.47. The number of carbonyl (C=O) groups is 2. The van der Waals surface area contributed by atoms with E-state index in [1.807, 2.05) is 38.2 Å². The first-order chi connectivity index (χ1) is 16.4. The van der Waals surface area contributed by atoms with E-state index in [0.717, 1.165) is 32.5 Å². The van der Waals surface area contributed by atoms with Crippen molar-refractivity contribution in [3.63, 3.8) is 0 Å². The predicted molar refractivity (Wildman–Crippen MR) is 133 cm³/mol. The molecule has 0 atom stereocenters. The fourth-order valence-electron chi connectivity index (χ4n) is 3.80. The lowest BCUT2D eigenvalue weighted by Gasteiger charge is -2.22. The van der Waals surface area contributed by atoms with Gasteiger partial charge in [0.1, 0.15) is 5.75 Å². The van der Waals surface area contributed by atoms with Gasteiger partial charge in [0.25, 0.3) is 5.91 Å². The van der Waals surface area contributed by atoms with Crippen molar-refractivity contribution < 1.29 is 14.3 Å². The lowest BCUT2D eigenvalue weighted by molar-refractivity contribution is -0.120. The van der Waals surface area contributed by atoms with Gasteiger partial charge in [-0.05, 0) is 47.7 Å². The molecule has 3 aromatic heterocycles. The normalized spacial score (nSPS) is 10.9. The van der Waals surface area contributed by atoms with Crippen LogP contribution in [0.15, 0.2) is 48.9 Å². The number of ether oxygens (including phenoxy) is 1. The first-order valence-electron chi connectivity index (χ1n) is 10.9. The summed E-state index contributed by atoms with van der Waals surface area (Å²) in [4.78, 5) is 32.2. The summed E-state index contributed by atoms with van der Waals surface area (Å²) in [5.74, 6) is 0.498. The number of pyridine rings is 1. The zero-order valence-corrected chi connectivity index (χ0v) is 20.5. The summed E-state index contributed by atoms with van der Waals surface area (Å²) in [6, 6.07) is 9.98. The number of hydrogen-bond donors (Lipinski definition) is 1. The van der Waals surface area contributed by atoms with Crippen LogP contribution in [0.2, 0.25) is 0 Å². The quantitative estimate of drug-likeness (QED) is 0.417. The molecular formula is C25H27N5O3S. The highest BCUT2D eigenvalue weighted by atomic mass is 32.1. The summed E-state index contributed by atoms with van der Waals surface area (Å²) in [6.07, 6.45) is 5.41. The van der Waals surface area contributed by atoms with Gasteiger partial charge in [0.2, 0.25) is 5.91 Å². The predicted octanol–water partition coefficient (Wildman–Crippen LogP) is 3.79. The van der Waals surface area contributed by atoms with E-state index in [1.54, 1.807) is 42.3 Å². The zero-order valence-electron chi connectivity index (χ0n) is 19.7. The van der Waals surface area contributed by atoms with E-state index in [1.165, 1.54) is 11.3 Å². The van der Waals surface area contributed by atoms with E-state index in [2.05, 4.69) is 21.5 Å². The second-order valence-electron chi connectivity index (χ2n) is 7.98. The Morgan fingerprint density at radius 3 is 2.71 bits per heavy atom. The zero-order chi connectivity index (χ0) is 24.2. The van der Waals surface area contributed by atoms with E-state index in [4.69, 9.17) is 4.74 Å². The average molecular weight is 478 g/mol. The summed E-state index contributed by atoms with van der Waals surface area (Å²) in [5, 5.41) is 7.86. The van der Waals surface area contributed by atoms with Crippen molar-refractivity contribution in [2.45, 2.75) is 19.9 Å². The maximum atomic E-state index is 13.7. The Morgan fingerprint density at radius 2 is 2.00 bits per heavy atom. The molecule has 0 saturated heterocycles. The topological polar surface area (TPSA) is 89.4 Å². The Balaban J connectivity index is 1.67. The Kier molecular flexibility index (Phi) is 6.93. The number of hydrogen-bond acceptors (Lipinski definition) is 6. The number of fused-ring (bicyclic) bond motifs is 1. The highest BCUT2D eigenvalue weighted by Gasteiger charge is 2.23. The standard InChI is InChI=1S/C25H27N5O3S/c1-16-21-12-17(18-11-20(33-4)14-27-13-18)5-6-22(21)34-24(16)25(32)30(10-8-23(31)26-2)15-19-7-9-28-29(19)3/h5-7,9,11-14H,8,10,15H2,1-4H3,(H,26,31). The number of amides is 2. The molecule has 0 saturated carbocycles. The molecule has 0 bridgehead atoms. The number of nitrogens with zero attached hydrogens (tertiary/aromatic N) is 4. The molecule has 176 valence electrons. The van der Waals surface area contributed by atoms with Gasteiger partial charge in [-0.15, -0.1) is 11.3 Å². The number of carbonyl (C=O) groups excluding carboxylic acids is 2. The van der Waals surface area contributed by atoms with Gasteiger partial charge >= 0.3 is 0 Å². The third-order valence-corrected chi connectivity index (χ3v) is 7.12. The van der Waals surface area contributed by atoms with Crippen LogP contribution in [-0.2, 0) is 18.4 Å². The number of rotatable bonds is 8. The average Bonchev–Trinajstić information content (AvgIpc) is 3.42. The SMILES string of the molecule is CNC(=O)CCN(Cc1ccnn1C)C(=O)c1sc2ccc(-c3cncc(OC)c3)cc2c1C. The Bertz CT molecular complexity index is 1340. The number of aryl methyl sites for hydroxylation is 2. The van der Waals surface area contributed by atoms with Gasteiger partial charge in [0.05, 0.1) is 30.4 Å². The molecule has 0 aliphatic carbocycles. The number of methoxy groups -OCH3 is 1. The third kappa shape index (κ3) is 4.79. The van der Waals surface area contributed by atoms with Gasteiger partial charge in [-0.25, -0.2) is 0 Å². The molecule has 0 unspecified atom stereocenters. The maximum Gasteiger partial charge on any atom is 0.264 e. The van der Waals surface area contributed by atoms with Crippen molar-refractivity contribution in [1.29, 1.82) is 0 Å². The Hall–Kier alpha value is -3.72. The highest BCUT2D eigenvalue weighted by Crippen LogP contribution is 2.35. The van der Waals surface area contributed by atoms with Crippen molar-refractivity contribution in [2.75, 3.05) is 20.7 Å². The summed E-state index contributed by atoms with van der Waals surface area (Å²) in [6.45, 7) is 2.67. The second kappa shape index (κ2) is 10.0. The largest absolute Gasteiger partial charge is 0.495 e. The molecular weight excluding hydrogens is 450 g/mol. The van der Waals surface area contributed by atoms with Gasteiger partial charge in [-0.3, -0.25) is 19.3 Å². The molecule has 0 aliphatic heterocycles. The minimum atomic E-state index is -0.104. The van der Waals surface area contributed by atoms with Gasteiger partial charge in [0, 0.05) is 49.7 Å². The Labute approximate surface area is 202 Å². The monoisotopic (exact) mass is 477 g/mol. The minimum Gasteiger partial charge on any atom is -0.495 e. The first kappa shape index (κ1) is 23.4. The fourth-order valence-corrected chi connectivity index (χ4v) is 4.96. The molecule has 0 spiro atoms. The maximum absolute atomic E-state index is 13.7. The van der Waals surface area contributed by atoms with Crippen molar-refractivity contribution in [2.24, 2.45) is 7.05 Å². The van der Waals surface area contributed by atoms with Crippen LogP contribution in [0.4, 0.5) is 0 Å². The first-order valence-corrected chi connectivity index (χ1v) is 11.7. The Morgan fingerprint density at radius 1 is 1.18 bits per heavy atom. The van der Waals surface area contributed by atoms with Crippen LogP contribution in [0.5, 0.6) is 5.75 Å². The lowest BCUT2D eigenvalue weighted by Crippen LogP contribution is -2.34. The summed E-state index contributed by atoms with van der Waals surface area (Å²) in [5.41, 5.74) is 3.78. The third-order valence-electron chi connectivity index (χ3n) is 5.86. The van der Waals surface area contributed by atoms with Gasteiger partial charge in [-0.2, -0.15) is 5.10 Å². The molecule has 9 heteroatoms. The van der Waals surface area contributed by atoms with Crippen LogP contribution in [-0.4, -0.2) is 52.2 Å². The minimum absolute atomic E-state index is 0.0894. The van der Waals surface area contributed by atoms with Crippen LogP contribution in [0.1, 0.15) is 27.3 Å².